The van der Waals surface area contributed by atoms with E-state index >= 15 is 0 Å². The average molecular weight is 412 g/mol. The molecule has 0 atom stereocenters. The van der Waals surface area contributed by atoms with Gasteiger partial charge >= 0.3 is 0 Å². The molecule has 0 saturated heterocycles. The zero-order valence-corrected chi connectivity index (χ0v) is 16.4. The van der Waals surface area contributed by atoms with Crippen LogP contribution >= 0.6 is 11.6 Å². The van der Waals surface area contributed by atoms with Gasteiger partial charge in [-0.05, 0) is 54.4 Å². The van der Waals surface area contributed by atoms with E-state index in [-0.39, 0.29) is 9.79 Å². The summed E-state index contributed by atoms with van der Waals surface area (Å²) in [4.78, 5) is 4.27. The fourth-order valence-electron chi connectivity index (χ4n) is 3.16. The number of rotatable bonds is 3. The van der Waals surface area contributed by atoms with Crippen LogP contribution in [-0.2, 0) is 9.84 Å². The average Bonchev–Trinajstić information content (AvgIpc) is 2.67. The SMILES string of the molecule is Cc1ccc2c(-c3ccc(Cl)cc3)c(S(=O)(=O)c3cccc(F)c3)cnc2c1. The lowest BCUT2D eigenvalue weighted by Gasteiger charge is -2.14. The first-order chi connectivity index (χ1) is 13.4. The zero-order chi connectivity index (χ0) is 19.9. The maximum absolute atomic E-state index is 13.7. The largest absolute Gasteiger partial charge is 0.255 e. The summed E-state index contributed by atoms with van der Waals surface area (Å²) in [5.74, 6) is -0.613. The lowest BCUT2D eigenvalue weighted by Crippen LogP contribution is -2.06. The second-order valence-corrected chi connectivity index (χ2v) is 8.84. The van der Waals surface area contributed by atoms with Crippen molar-refractivity contribution < 1.29 is 12.8 Å². The van der Waals surface area contributed by atoms with Gasteiger partial charge in [-0.25, -0.2) is 12.8 Å². The molecule has 0 bridgehead atoms. The van der Waals surface area contributed by atoms with E-state index in [2.05, 4.69) is 4.98 Å². The van der Waals surface area contributed by atoms with Crippen molar-refractivity contribution in [2.45, 2.75) is 16.7 Å². The molecule has 0 fully saturated rings. The van der Waals surface area contributed by atoms with Crippen LogP contribution in [0.25, 0.3) is 22.0 Å². The molecule has 0 unspecified atom stereocenters. The molecular weight excluding hydrogens is 397 g/mol. The minimum Gasteiger partial charge on any atom is -0.255 e. The fraction of sp³-hybridized carbons (Fsp3) is 0.0455. The van der Waals surface area contributed by atoms with Gasteiger partial charge in [-0.15, -0.1) is 0 Å². The van der Waals surface area contributed by atoms with E-state index in [1.807, 2.05) is 25.1 Å². The van der Waals surface area contributed by atoms with E-state index in [4.69, 9.17) is 11.6 Å². The summed E-state index contributed by atoms with van der Waals surface area (Å²) in [6.07, 6.45) is 1.34. The lowest BCUT2D eigenvalue weighted by molar-refractivity contribution is 0.591. The van der Waals surface area contributed by atoms with Crippen LogP contribution in [0.15, 0.2) is 82.7 Å². The Kier molecular flexibility index (Phi) is 4.65. The van der Waals surface area contributed by atoms with Gasteiger partial charge in [0.1, 0.15) is 5.82 Å². The van der Waals surface area contributed by atoms with Crippen LogP contribution in [0.3, 0.4) is 0 Å². The molecule has 0 spiro atoms. The third kappa shape index (κ3) is 3.28. The Morgan fingerprint density at radius 2 is 1.71 bits per heavy atom. The molecular formula is C22H15ClFNO2S. The second-order valence-electron chi connectivity index (χ2n) is 6.49. The van der Waals surface area contributed by atoms with Crippen LogP contribution in [0.1, 0.15) is 5.56 Å². The van der Waals surface area contributed by atoms with Crippen molar-refractivity contribution in [2.75, 3.05) is 0 Å². The third-order valence-electron chi connectivity index (χ3n) is 4.52. The molecule has 0 aliphatic heterocycles. The summed E-state index contributed by atoms with van der Waals surface area (Å²) in [5.41, 5.74) is 2.91. The molecule has 140 valence electrons. The summed E-state index contributed by atoms with van der Waals surface area (Å²) >= 11 is 6.01. The Bertz CT molecular complexity index is 1300. The predicted octanol–water partition coefficient (Wildman–Crippen LogP) is 5.84. The Balaban J connectivity index is 2.07. The van der Waals surface area contributed by atoms with Crippen molar-refractivity contribution in [3.63, 3.8) is 0 Å². The summed E-state index contributed by atoms with van der Waals surface area (Å²) in [6, 6.07) is 17.6. The molecule has 28 heavy (non-hydrogen) atoms. The molecule has 0 saturated carbocycles. The van der Waals surface area contributed by atoms with Crippen LogP contribution in [-0.4, -0.2) is 13.4 Å². The number of hydrogen-bond acceptors (Lipinski definition) is 3. The van der Waals surface area contributed by atoms with E-state index in [1.54, 1.807) is 24.3 Å². The predicted molar refractivity (Wildman–Crippen MR) is 109 cm³/mol. The molecule has 3 nitrogen and oxygen atoms in total. The fourth-order valence-corrected chi connectivity index (χ4v) is 4.76. The summed E-state index contributed by atoms with van der Waals surface area (Å²) < 4.78 is 40.3. The Hall–Kier alpha value is -2.76. The molecule has 3 aromatic carbocycles. The van der Waals surface area contributed by atoms with E-state index in [1.165, 1.54) is 24.4 Å². The summed E-state index contributed by atoms with van der Waals surface area (Å²) in [6.45, 7) is 1.94. The van der Waals surface area contributed by atoms with Crippen LogP contribution in [0.5, 0.6) is 0 Å². The van der Waals surface area contributed by atoms with Crippen molar-refractivity contribution in [2.24, 2.45) is 0 Å². The highest BCUT2D eigenvalue weighted by molar-refractivity contribution is 7.91. The van der Waals surface area contributed by atoms with Crippen LogP contribution in [0, 0.1) is 12.7 Å². The number of halogens is 2. The van der Waals surface area contributed by atoms with Crippen molar-refractivity contribution in [3.8, 4) is 11.1 Å². The van der Waals surface area contributed by atoms with Crippen molar-refractivity contribution >= 4 is 32.3 Å². The lowest BCUT2D eigenvalue weighted by atomic mass is 10.0. The molecule has 4 aromatic rings. The van der Waals surface area contributed by atoms with Crippen molar-refractivity contribution in [1.29, 1.82) is 0 Å². The molecule has 0 amide bonds. The molecule has 6 heteroatoms. The number of benzene rings is 3. The number of aryl methyl sites for hydroxylation is 1. The smallest absolute Gasteiger partial charge is 0.208 e. The first kappa shape index (κ1) is 18.6. The Labute approximate surface area is 167 Å². The van der Waals surface area contributed by atoms with E-state index in [9.17, 15) is 12.8 Å². The maximum atomic E-state index is 13.7. The molecule has 0 aliphatic rings. The zero-order valence-electron chi connectivity index (χ0n) is 14.9. The van der Waals surface area contributed by atoms with Gasteiger partial charge in [-0.2, -0.15) is 0 Å². The number of hydrogen-bond donors (Lipinski definition) is 0. The number of pyridine rings is 1. The topological polar surface area (TPSA) is 47.0 Å². The highest BCUT2D eigenvalue weighted by Gasteiger charge is 2.25. The van der Waals surface area contributed by atoms with Gasteiger partial charge in [0.2, 0.25) is 9.84 Å². The van der Waals surface area contributed by atoms with E-state index in [0.717, 1.165) is 11.6 Å². The summed E-state index contributed by atoms with van der Waals surface area (Å²) in [5, 5.41) is 1.25. The van der Waals surface area contributed by atoms with Gasteiger partial charge in [0.15, 0.2) is 0 Å². The van der Waals surface area contributed by atoms with Crippen LogP contribution in [0.4, 0.5) is 4.39 Å². The highest BCUT2D eigenvalue weighted by Crippen LogP contribution is 2.37. The second kappa shape index (κ2) is 7.00. The number of nitrogens with zero attached hydrogens (tertiary/aromatic N) is 1. The number of sulfone groups is 1. The van der Waals surface area contributed by atoms with E-state index < -0.39 is 15.7 Å². The van der Waals surface area contributed by atoms with Crippen molar-refractivity contribution in [1.82, 2.24) is 4.98 Å². The van der Waals surface area contributed by atoms with Crippen LogP contribution in [0.2, 0.25) is 5.02 Å². The standard InChI is InChI=1S/C22H15ClFNO2S/c1-14-5-10-19-20(11-14)25-13-21(22(19)15-6-8-16(23)9-7-15)28(26,27)18-4-2-3-17(24)12-18/h2-13H,1H3. The normalized spacial score (nSPS) is 11.7. The minimum atomic E-state index is -3.99. The molecule has 1 heterocycles. The number of aromatic nitrogens is 1. The number of fused-ring (bicyclic) bond motifs is 1. The molecule has 0 radical (unpaired) electrons. The van der Waals surface area contributed by atoms with Gasteiger partial charge in [0, 0.05) is 22.2 Å². The van der Waals surface area contributed by atoms with Crippen LogP contribution < -0.4 is 0 Å². The minimum absolute atomic E-state index is 0.0248. The molecule has 0 aliphatic carbocycles. The van der Waals surface area contributed by atoms with Gasteiger partial charge in [-0.1, -0.05) is 41.9 Å². The Morgan fingerprint density at radius 3 is 2.43 bits per heavy atom. The molecule has 4 rings (SSSR count). The quantitative estimate of drug-likeness (QED) is 0.425. The van der Waals surface area contributed by atoms with Crippen molar-refractivity contribution in [3.05, 3.63) is 89.3 Å². The van der Waals surface area contributed by atoms with Gasteiger partial charge in [0.25, 0.3) is 0 Å². The monoisotopic (exact) mass is 411 g/mol. The first-order valence-corrected chi connectivity index (χ1v) is 10.4. The van der Waals surface area contributed by atoms with Gasteiger partial charge < -0.3 is 0 Å². The summed E-state index contributed by atoms with van der Waals surface area (Å²) in [7, 11) is -3.99. The Morgan fingerprint density at radius 1 is 0.964 bits per heavy atom. The first-order valence-electron chi connectivity index (χ1n) is 8.52. The van der Waals surface area contributed by atoms with Gasteiger partial charge in [-0.3, -0.25) is 4.98 Å². The molecule has 0 N–H and O–H groups in total. The highest BCUT2D eigenvalue weighted by atomic mass is 35.5. The third-order valence-corrected chi connectivity index (χ3v) is 6.53. The molecule has 1 aromatic heterocycles. The van der Waals surface area contributed by atoms with E-state index in [0.29, 0.717) is 27.1 Å². The van der Waals surface area contributed by atoms with Gasteiger partial charge in [0.05, 0.1) is 15.3 Å². The maximum Gasteiger partial charge on any atom is 0.208 e.